The molecule has 0 spiro atoms. The highest BCUT2D eigenvalue weighted by Crippen LogP contribution is 2.47. The third-order valence-corrected chi connectivity index (χ3v) is 6.37. The molecule has 1 N–H and O–H groups in total. The molecule has 0 radical (unpaired) electrons. The maximum absolute atomic E-state index is 13.6. The summed E-state index contributed by atoms with van der Waals surface area (Å²) in [6, 6.07) is 15.1. The van der Waals surface area contributed by atoms with Gasteiger partial charge in [0.1, 0.15) is 0 Å². The lowest BCUT2D eigenvalue weighted by Crippen LogP contribution is -2.36. The topological polar surface area (TPSA) is 90.9 Å². The molecule has 2 atom stereocenters. The molecule has 0 saturated heterocycles. The van der Waals surface area contributed by atoms with Gasteiger partial charge in [-0.05, 0) is 49.4 Å². The zero-order valence-corrected chi connectivity index (χ0v) is 20.3. The molecule has 1 aliphatic carbocycles. The van der Waals surface area contributed by atoms with E-state index in [1.807, 2.05) is 37.3 Å². The minimum atomic E-state index is -0.630. The lowest BCUT2D eigenvalue weighted by molar-refractivity contribution is -0.139. The van der Waals surface area contributed by atoms with E-state index in [9.17, 15) is 14.4 Å². The first kappa shape index (κ1) is 24.3. The second-order valence-electron chi connectivity index (χ2n) is 8.65. The summed E-state index contributed by atoms with van der Waals surface area (Å²) in [4.78, 5) is 38.2. The normalized spacial score (nSPS) is 19.6. The average Bonchev–Trinajstić information content (AvgIpc) is 2.83. The Kier molecular flexibility index (Phi) is 7.05. The zero-order valence-electron chi connectivity index (χ0n) is 20.3. The quantitative estimate of drug-likeness (QED) is 0.484. The van der Waals surface area contributed by atoms with Gasteiger partial charge in [-0.2, -0.15) is 0 Å². The molecular formula is C28H29NO6. The van der Waals surface area contributed by atoms with Crippen LogP contribution in [-0.2, 0) is 19.1 Å². The van der Waals surface area contributed by atoms with Gasteiger partial charge in [0, 0.05) is 36.2 Å². The summed E-state index contributed by atoms with van der Waals surface area (Å²) >= 11 is 0. The fraction of sp³-hybridized carbons (Fsp3) is 0.321. The molecule has 0 amide bonds. The molecule has 4 rings (SSSR count). The van der Waals surface area contributed by atoms with Crippen molar-refractivity contribution in [1.82, 2.24) is 5.32 Å². The Morgan fingerprint density at radius 1 is 1.03 bits per heavy atom. The molecule has 7 heteroatoms. The van der Waals surface area contributed by atoms with Crippen LogP contribution >= 0.6 is 0 Å². The second kappa shape index (κ2) is 10.2. The van der Waals surface area contributed by atoms with Gasteiger partial charge in [-0.25, -0.2) is 4.79 Å². The van der Waals surface area contributed by atoms with Gasteiger partial charge >= 0.3 is 11.9 Å². The van der Waals surface area contributed by atoms with Crippen LogP contribution in [0.1, 0.15) is 56.6 Å². The number of nitrogens with one attached hydrogen (secondary N) is 1. The molecule has 0 unspecified atom stereocenters. The number of allylic oxidation sites excluding steroid dienone is 3. The van der Waals surface area contributed by atoms with Crippen LogP contribution in [0.5, 0.6) is 11.5 Å². The number of hydrogen-bond acceptors (Lipinski definition) is 7. The number of carbonyl (C=O) groups is 3. The molecule has 1 aliphatic heterocycles. The van der Waals surface area contributed by atoms with Crippen LogP contribution in [0.3, 0.4) is 0 Å². The van der Waals surface area contributed by atoms with Crippen LogP contribution in [0.2, 0.25) is 0 Å². The molecule has 1 heterocycles. The van der Waals surface area contributed by atoms with Gasteiger partial charge in [0.2, 0.25) is 0 Å². The number of esters is 2. The molecule has 0 fully saturated rings. The number of hydrogen-bond donors (Lipinski definition) is 1. The van der Waals surface area contributed by atoms with Gasteiger partial charge in [0.05, 0.1) is 19.3 Å². The minimum Gasteiger partial charge on any atom is -0.493 e. The van der Waals surface area contributed by atoms with Crippen LogP contribution < -0.4 is 14.8 Å². The lowest BCUT2D eigenvalue weighted by Gasteiger charge is -2.36. The predicted octanol–water partition coefficient (Wildman–Crippen LogP) is 4.55. The van der Waals surface area contributed by atoms with Crippen molar-refractivity contribution in [2.75, 3.05) is 13.7 Å². The SMILES string of the molecule is CCOC(=O)C1=C(C)NC2=C(C(=O)C[C@@H](c3ccccc3)C2)[C@H]1c1ccc(OC(C)=O)c(OC)c1. The van der Waals surface area contributed by atoms with Gasteiger partial charge in [0.25, 0.3) is 0 Å². The molecule has 35 heavy (non-hydrogen) atoms. The van der Waals surface area contributed by atoms with E-state index in [4.69, 9.17) is 14.2 Å². The molecule has 2 aromatic rings. The summed E-state index contributed by atoms with van der Waals surface area (Å²) in [5.41, 5.74) is 4.20. The number of benzene rings is 2. The van der Waals surface area contributed by atoms with Gasteiger partial charge in [-0.15, -0.1) is 0 Å². The molecule has 0 aromatic heterocycles. The summed E-state index contributed by atoms with van der Waals surface area (Å²) < 4.78 is 16.1. The highest BCUT2D eigenvalue weighted by Gasteiger charge is 2.41. The Balaban J connectivity index is 1.82. The summed E-state index contributed by atoms with van der Waals surface area (Å²) in [6.45, 7) is 5.10. The Morgan fingerprint density at radius 3 is 2.43 bits per heavy atom. The van der Waals surface area contributed by atoms with Crippen molar-refractivity contribution in [3.8, 4) is 11.5 Å². The Hall–Kier alpha value is -3.87. The van der Waals surface area contributed by atoms with Gasteiger partial charge in [-0.3, -0.25) is 9.59 Å². The van der Waals surface area contributed by atoms with Crippen LogP contribution in [0, 0.1) is 0 Å². The maximum Gasteiger partial charge on any atom is 0.336 e. The van der Waals surface area contributed by atoms with E-state index in [0.717, 1.165) is 11.3 Å². The Morgan fingerprint density at radius 2 is 1.77 bits per heavy atom. The summed E-state index contributed by atoms with van der Waals surface area (Å²) in [5, 5.41) is 3.34. The van der Waals surface area contributed by atoms with E-state index in [1.54, 1.807) is 25.1 Å². The molecular weight excluding hydrogens is 446 g/mol. The van der Waals surface area contributed by atoms with Gasteiger partial charge in [0.15, 0.2) is 17.3 Å². The van der Waals surface area contributed by atoms with Crippen molar-refractivity contribution >= 4 is 17.7 Å². The van der Waals surface area contributed by atoms with E-state index >= 15 is 0 Å². The average molecular weight is 476 g/mol. The highest BCUT2D eigenvalue weighted by atomic mass is 16.6. The monoisotopic (exact) mass is 475 g/mol. The molecule has 2 aliphatic rings. The van der Waals surface area contributed by atoms with E-state index in [2.05, 4.69) is 5.32 Å². The number of rotatable bonds is 6. The standard InChI is InChI=1S/C28H29NO6/c1-5-34-28(32)25-16(2)29-21-13-20(18-9-7-6-8-10-18)14-22(31)27(21)26(25)19-11-12-23(35-17(3)30)24(15-19)33-4/h6-12,15,20,26,29H,5,13-14H2,1-4H3/t20-,26-/m0/s1. The van der Waals surface area contributed by atoms with Crippen LogP contribution in [0.25, 0.3) is 0 Å². The minimum absolute atomic E-state index is 0.0186. The third kappa shape index (κ3) is 4.85. The van der Waals surface area contributed by atoms with Gasteiger partial charge in [-0.1, -0.05) is 36.4 Å². The van der Waals surface area contributed by atoms with Crippen molar-refractivity contribution in [3.63, 3.8) is 0 Å². The molecule has 2 aromatic carbocycles. The van der Waals surface area contributed by atoms with Crippen LogP contribution in [0.15, 0.2) is 71.1 Å². The first-order valence-electron chi connectivity index (χ1n) is 11.7. The smallest absolute Gasteiger partial charge is 0.336 e. The van der Waals surface area contributed by atoms with Crippen molar-refractivity contribution in [2.24, 2.45) is 0 Å². The molecule has 0 saturated carbocycles. The van der Waals surface area contributed by atoms with E-state index < -0.39 is 17.9 Å². The maximum atomic E-state index is 13.6. The summed E-state index contributed by atoms with van der Waals surface area (Å²) in [7, 11) is 1.47. The van der Waals surface area contributed by atoms with Crippen molar-refractivity contribution in [1.29, 1.82) is 0 Å². The summed E-state index contributed by atoms with van der Waals surface area (Å²) in [5.74, 6) is -0.942. The number of carbonyl (C=O) groups excluding carboxylic acids is 3. The van der Waals surface area contributed by atoms with Crippen molar-refractivity contribution in [2.45, 2.75) is 45.4 Å². The first-order chi connectivity index (χ1) is 16.8. The number of methoxy groups -OCH3 is 1. The van der Waals surface area contributed by atoms with Gasteiger partial charge < -0.3 is 19.5 Å². The van der Waals surface area contributed by atoms with Crippen LogP contribution in [-0.4, -0.2) is 31.4 Å². The fourth-order valence-corrected chi connectivity index (χ4v) is 4.92. The lowest BCUT2D eigenvalue weighted by atomic mass is 9.71. The summed E-state index contributed by atoms with van der Waals surface area (Å²) in [6.07, 6.45) is 0.997. The first-order valence-corrected chi connectivity index (χ1v) is 11.7. The van der Waals surface area contributed by atoms with E-state index in [1.165, 1.54) is 14.0 Å². The Labute approximate surface area is 204 Å². The van der Waals surface area contributed by atoms with Crippen molar-refractivity contribution in [3.05, 3.63) is 82.2 Å². The predicted molar refractivity (Wildman–Crippen MR) is 130 cm³/mol. The molecule has 182 valence electrons. The van der Waals surface area contributed by atoms with Crippen LogP contribution in [0.4, 0.5) is 0 Å². The zero-order chi connectivity index (χ0) is 25.1. The second-order valence-corrected chi connectivity index (χ2v) is 8.65. The fourth-order valence-electron chi connectivity index (χ4n) is 4.92. The third-order valence-electron chi connectivity index (χ3n) is 6.37. The number of ether oxygens (including phenoxy) is 3. The van der Waals surface area contributed by atoms with E-state index in [0.29, 0.717) is 41.0 Å². The van der Waals surface area contributed by atoms with E-state index in [-0.39, 0.29) is 24.1 Å². The number of Topliss-reactive ketones (excluding diaryl/α,β-unsaturated/α-hetero) is 1. The largest absolute Gasteiger partial charge is 0.493 e. The molecule has 0 bridgehead atoms. The van der Waals surface area contributed by atoms with Crippen molar-refractivity contribution < 1.29 is 28.6 Å². The number of dihydropyridines is 1. The molecule has 7 nitrogen and oxygen atoms in total. The number of ketones is 1. The highest BCUT2D eigenvalue weighted by molar-refractivity contribution is 6.04. The Bertz CT molecular complexity index is 1230.